The van der Waals surface area contributed by atoms with Crippen molar-refractivity contribution in [2.75, 3.05) is 12.8 Å². The molecular weight excluding hydrogens is 445 g/mol. The summed E-state index contributed by atoms with van der Waals surface area (Å²) in [5.74, 6) is -2.27. The Morgan fingerprint density at radius 3 is 1.73 bits per heavy atom. The Kier molecular flexibility index (Phi) is 6.25. The van der Waals surface area contributed by atoms with E-state index in [1.54, 1.807) is 0 Å². The average molecular weight is 474 g/mol. The molecule has 0 unspecified atom stereocenters. The summed E-state index contributed by atoms with van der Waals surface area (Å²) in [5, 5.41) is 6.99. The van der Waals surface area contributed by atoms with Crippen LogP contribution in [0.3, 0.4) is 0 Å². The van der Waals surface area contributed by atoms with E-state index in [-0.39, 0.29) is 0 Å². The summed E-state index contributed by atoms with van der Waals surface area (Å²) in [6.07, 6.45) is 1.69. The molecule has 1 N–H and O–H groups in total. The van der Waals surface area contributed by atoms with Gasteiger partial charge in [0.1, 0.15) is 0 Å². The van der Waals surface area contributed by atoms with Crippen LogP contribution in [0, 0.1) is 0 Å². The van der Waals surface area contributed by atoms with Gasteiger partial charge in [-0.2, -0.15) is 0 Å². The molecule has 33 heavy (non-hydrogen) atoms. The molecule has 1 aliphatic rings. The van der Waals surface area contributed by atoms with Gasteiger partial charge in [-0.05, 0) is 0 Å². The molecule has 2 nitrogen and oxygen atoms in total. The van der Waals surface area contributed by atoms with Crippen LogP contribution in [0.15, 0.2) is 109 Å². The Balaban J connectivity index is 1.49. The third-order valence-corrected chi connectivity index (χ3v) is 14.2. The second kappa shape index (κ2) is 9.31. The van der Waals surface area contributed by atoms with E-state index < -0.39 is 5.96 Å². The Bertz CT molecular complexity index is 1110. The summed E-state index contributed by atoms with van der Waals surface area (Å²) in [4.78, 5) is 0. The third kappa shape index (κ3) is 4.08. The number of halogens is 1. The maximum atomic E-state index is 8.10. The van der Waals surface area contributed by atoms with Gasteiger partial charge in [0, 0.05) is 0 Å². The fourth-order valence-electron chi connectivity index (χ4n) is 4.96. The van der Waals surface area contributed by atoms with Crippen LogP contribution in [0.5, 0.6) is 5.75 Å². The van der Waals surface area contributed by atoms with Crippen LogP contribution in [-0.4, -0.2) is 12.8 Å². The number of hydrogen-bond donors (Lipinski definition) is 1. The van der Waals surface area contributed by atoms with E-state index in [2.05, 4.69) is 115 Å². The first kappa shape index (κ1) is 22.2. The molecule has 4 heteroatoms. The molecule has 4 aromatic rings. The standard InChI is InChI=1S/C29H29ClNOP/c30-33(27-11-4-1-5-12-27,28-13-6-2-7-14-28,29-15-8-3-9-16-29)20-10-19-32-26-18-17-24-22-31-23-25(24)21-26/h1-9,11-18,21,31H,10,19-20,22-23H2. The van der Waals surface area contributed by atoms with Crippen molar-refractivity contribution < 1.29 is 4.74 Å². The number of fused-ring (bicyclic) bond motifs is 1. The molecule has 0 aliphatic carbocycles. The van der Waals surface area contributed by atoms with Gasteiger partial charge in [-0.15, -0.1) is 0 Å². The predicted octanol–water partition coefficient (Wildman–Crippen LogP) is 5.74. The topological polar surface area (TPSA) is 21.3 Å². The Labute approximate surface area is 201 Å². The molecule has 0 amide bonds. The van der Waals surface area contributed by atoms with Crippen LogP contribution in [0.2, 0.25) is 0 Å². The van der Waals surface area contributed by atoms with Gasteiger partial charge < -0.3 is 0 Å². The van der Waals surface area contributed by atoms with Gasteiger partial charge in [-0.25, -0.2) is 0 Å². The van der Waals surface area contributed by atoms with Crippen molar-refractivity contribution in [2.45, 2.75) is 19.5 Å². The number of hydrogen-bond acceptors (Lipinski definition) is 2. The molecule has 1 aliphatic heterocycles. The van der Waals surface area contributed by atoms with Crippen molar-refractivity contribution in [3.05, 3.63) is 120 Å². The van der Waals surface area contributed by atoms with Crippen molar-refractivity contribution >= 4 is 33.1 Å². The average Bonchev–Trinajstić information content (AvgIpc) is 3.36. The van der Waals surface area contributed by atoms with Crippen molar-refractivity contribution in [3.8, 4) is 5.75 Å². The second-order valence-electron chi connectivity index (χ2n) is 8.65. The Morgan fingerprint density at radius 2 is 1.18 bits per heavy atom. The van der Waals surface area contributed by atoms with Gasteiger partial charge in [0.05, 0.1) is 0 Å². The van der Waals surface area contributed by atoms with E-state index in [9.17, 15) is 0 Å². The summed E-state index contributed by atoms with van der Waals surface area (Å²) < 4.78 is 6.21. The Hall–Kier alpha value is -2.64. The van der Waals surface area contributed by atoms with Gasteiger partial charge in [0.2, 0.25) is 0 Å². The van der Waals surface area contributed by atoms with E-state index in [0.29, 0.717) is 6.61 Å². The molecule has 0 saturated carbocycles. The minimum absolute atomic E-state index is 0.628. The van der Waals surface area contributed by atoms with Gasteiger partial charge in [-0.3, -0.25) is 0 Å². The SMILES string of the molecule is ClP(CCCOc1ccc2c(c1)CNC2)(c1ccccc1)(c1ccccc1)c1ccccc1. The van der Waals surface area contributed by atoms with Crippen LogP contribution in [0.1, 0.15) is 17.5 Å². The zero-order valence-corrected chi connectivity index (χ0v) is 20.3. The number of ether oxygens (including phenoxy) is 1. The van der Waals surface area contributed by atoms with Crippen LogP contribution in [0.4, 0.5) is 0 Å². The summed E-state index contributed by atoms with van der Waals surface area (Å²) in [6, 6.07) is 38.3. The van der Waals surface area contributed by atoms with E-state index in [1.807, 2.05) is 0 Å². The summed E-state index contributed by atoms with van der Waals surface area (Å²) in [5.41, 5.74) is 2.70. The van der Waals surface area contributed by atoms with Gasteiger partial charge in [-0.1, -0.05) is 0 Å². The van der Waals surface area contributed by atoms with Gasteiger partial charge in [0.15, 0.2) is 0 Å². The minimum atomic E-state index is -3.21. The van der Waals surface area contributed by atoms with Crippen LogP contribution < -0.4 is 26.0 Å². The van der Waals surface area contributed by atoms with Crippen molar-refractivity contribution in [1.29, 1.82) is 0 Å². The van der Waals surface area contributed by atoms with Crippen LogP contribution in [0.25, 0.3) is 0 Å². The summed E-state index contributed by atoms with van der Waals surface area (Å²) in [6.45, 7) is 2.49. The van der Waals surface area contributed by atoms with Gasteiger partial charge >= 0.3 is 202 Å². The van der Waals surface area contributed by atoms with E-state index >= 15 is 0 Å². The first-order valence-corrected chi connectivity index (χ1v) is 14.9. The third-order valence-electron chi connectivity index (χ3n) is 6.68. The molecule has 0 saturated heterocycles. The molecule has 1 heterocycles. The molecule has 168 valence electrons. The zero-order chi connectivity index (χ0) is 22.6. The van der Waals surface area contributed by atoms with E-state index in [1.165, 1.54) is 27.0 Å². The van der Waals surface area contributed by atoms with E-state index in [0.717, 1.165) is 31.4 Å². The molecular formula is C29H29ClNOP. The van der Waals surface area contributed by atoms with Gasteiger partial charge in [0.25, 0.3) is 0 Å². The molecule has 0 spiro atoms. The van der Waals surface area contributed by atoms with Crippen molar-refractivity contribution in [2.24, 2.45) is 0 Å². The quantitative estimate of drug-likeness (QED) is 0.260. The molecule has 5 rings (SSSR count). The number of nitrogens with one attached hydrogen (secondary N) is 1. The van der Waals surface area contributed by atoms with Crippen molar-refractivity contribution in [1.82, 2.24) is 5.32 Å². The first-order valence-electron chi connectivity index (χ1n) is 11.5. The number of rotatable bonds is 8. The molecule has 0 aromatic heterocycles. The molecule has 4 aromatic carbocycles. The zero-order valence-electron chi connectivity index (χ0n) is 18.7. The fourth-order valence-corrected chi connectivity index (χ4v) is 11.1. The van der Waals surface area contributed by atoms with Crippen molar-refractivity contribution in [3.63, 3.8) is 0 Å². The van der Waals surface area contributed by atoms with Crippen LogP contribution in [-0.2, 0) is 13.1 Å². The Morgan fingerprint density at radius 1 is 0.667 bits per heavy atom. The molecule has 0 radical (unpaired) electrons. The second-order valence-corrected chi connectivity index (χ2v) is 15.2. The molecule has 0 atom stereocenters. The predicted molar refractivity (Wildman–Crippen MR) is 143 cm³/mol. The number of benzene rings is 4. The monoisotopic (exact) mass is 473 g/mol. The van der Waals surface area contributed by atoms with Crippen LogP contribution >= 0.6 is 17.2 Å². The molecule has 0 bridgehead atoms. The normalized spacial score (nSPS) is 14.3. The van der Waals surface area contributed by atoms with E-state index in [4.69, 9.17) is 16.0 Å². The first-order chi connectivity index (χ1) is 16.2. The maximum absolute atomic E-state index is 8.10. The fraction of sp³-hybridized carbons (Fsp3) is 0.172. The summed E-state index contributed by atoms with van der Waals surface area (Å²) >= 11 is 8.10. The summed E-state index contributed by atoms with van der Waals surface area (Å²) in [7, 11) is 0. The molecule has 0 fully saturated rings.